The molecular formula is C22H19F3N4O7. The van der Waals surface area contributed by atoms with Gasteiger partial charge in [0.1, 0.15) is 11.9 Å². The molecule has 0 aliphatic heterocycles. The average Bonchev–Trinajstić information content (AvgIpc) is 2.82. The van der Waals surface area contributed by atoms with Crippen molar-refractivity contribution in [2.45, 2.75) is 18.6 Å². The molecule has 5 N–H and O–H groups in total. The van der Waals surface area contributed by atoms with Crippen molar-refractivity contribution < 1.29 is 46.6 Å². The number of nitrogen functional groups attached to an aromatic ring is 1. The van der Waals surface area contributed by atoms with E-state index >= 15 is 0 Å². The summed E-state index contributed by atoms with van der Waals surface area (Å²) in [5.41, 5.74) is 6.09. The maximum Gasteiger partial charge on any atom is 0.491 e. The maximum absolute atomic E-state index is 12.6. The van der Waals surface area contributed by atoms with Crippen LogP contribution in [0.1, 0.15) is 32.7 Å². The third-order valence-electron chi connectivity index (χ3n) is 4.44. The minimum atomic E-state index is -5.43. The maximum atomic E-state index is 12.6. The molecule has 1 atom stereocenters. The molecule has 36 heavy (non-hydrogen) atoms. The Kier molecular flexibility index (Phi) is 8.85. The van der Waals surface area contributed by atoms with Gasteiger partial charge in [-0.2, -0.15) is 13.2 Å². The van der Waals surface area contributed by atoms with Crippen LogP contribution in [0.5, 0.6) is 0 Å². The molecule has 0 fully saturated rings. The Balaban J connectivity index is 2.10. The van der Waals surface area contributed by atoms with Gasteiger partial charge in [0.15, 0.2) is 0 Å². The second-order valence-corrected chi connectivity index (χ2v) is 7.04. The van der Waals surface area contributed by atoms with Crippen molar-refractivity contribution in [3.8, 4) is 0 Å². The predicted octanol–water partition coefficient (Wildman–Crippen LogP) is 1.52. The number of methoxy groups -OCH3 is 1. The Labute approximate surface area is 201 Å². The van der Waals surface area contributed by atoms with Crippen molar-refractivity contribution in [3.63, 3.8) is 0 Å². The number of benzene rings is 2. The zero-order chi connectivity index (χ0) is 27.0. The van der Waals surface area contributed by atoms with E-state index in [0.29, 0.717) is 5.56 Å². The predicted molar refractivity (Wildman–Crippen MR) is 117 cm³/mol. The van der Waals surface area contributed by atoms with E-state index in [1.165, 1.54) is 48.5 Å². The lowest BCUT2D eigenvalue weighted by Crippen LogP contribution is -2.43. The normalized spacial score (nSPS) is 11.6. The first-order chi connectivity index (χ1) is 16.8. The lowest BCUT2D eigenvalue weighted by atomic mass is 10.1. The summed E-state index contributed by atoms with van der Waals surface area (Å²) in [7, 11) is 0.910. The van der Waals surface area contributed by atoms with Crippen LogP contribution in [0.4, 0.5) is 18.9 Å². The van der Waals surface area contributed by atoms with Crippen molar-refractivity contribution in [1.29, 1.82) is 5.41 Å². The van der Waals surface area contributed by atoms with E-state index in [-0.39, 0.29) is 22.6 Å². The van der Waals surface area contributed by atoms with E-state index in [1.54, 1.807) is 0 Å². The van der Waals surface area contributed by atoms with Crippen molar-refractivity contribution in [2.75, 3.05) is 12.4 Å². The number of esters is 3. The molecule has 14 heteroatoms. The molecule has 2 rings (SSSR count). The Morgan fingerprint density at radius 3 is 2.14 bits per heavy atom. The highest BCUT2D eigenvalue weighted by atomic mass is 19.4. The number of hydrogen-bond donors (Lipinski definition) is 4. The zero-order valence-corrected chi connectivity index (χ0v) is 18.5. The molecule has 0 spiro atoms. The van der Waals surface area contributed by atoms with Gasteiger partial charge in [0.05, 0.1) is 13.5 Å². The number of anilines is 1. The molecule has 0 radical (unpaired) electrons. The number of hydrogen-bond acceptors (Lipinski definition) is 8. The number of rotatable bonds is 8. The number of carbonyl (C=O) groups is 5. The van der Waals surface area contributed by atoms with Gasteiger partial charge >= 0.3 is 24.1 Å². The van der Waals surface area contributed by atoms with E-state index in [2.05, 4.69) is 20.1 Å². The first-order valence-electron chi connectivity index (χ1n) is 9.88. The Morgan fingerprint density at radius 1 is 0.972 bits per heavy atom. The summed E-state index contributed by atoms with van der Waals surface area (Å²) in [6.07, 6.45) is -6.55. The number of halogens is 3. The van der Waals surface area contributed by atoms with Crippen LogP contribution in [-0.2, 0) is 23.9 Å². The Bertz CT molecular complexity index is 1200. The fourth-order valence-electron chi connectivity index (χ4n) is 2.69. The molecule has 0 saturated heterocycles. The van der Waals surface area contributed by atoms with Crippen LogP contribution in [0, 0.1) is 5.41 Å². The number of amides is 2. The van der Waals surface area contributed by atoms with Gasteiger partial charge in [-0.3, -0.25) is 19.8 Å². The Morgan fingerprint density at radius 2 is 1.58 bits per heavy atom. The van der Waals surface area contributed by atoms with Crippen LogP contribution < -0.4 is 16.4 Å². The first kappa shape index (κ1) is 27.5. The second kappa shape index (κ2) is 11.6. The lowest BCUT2D eigenvalue weighted by molar-refractivity contribution is -0.202. The van der Waals surface area contributed by atoms with Crippen LogP contribution in [0.2, 0.25) is 0 Å². The topological polar surface area (TPSA) is 178 Å². The highest BCUT2D eigenvalue weighted by molar-refractivity contribution is 6.06. The second-order valence-electron chi connectivity index (χ2n) is 7.04. The van der Waals surface area contributed by atoms with Crippen LogP contribution in [0.25, 0.3) is 0 Å². The molecule has 190 valence electrons. The molecule has 0 heterocycles. The minimum absolute atomic E-state index is 0.0895. The van der Waals surface area contributed by atoms with Gasteiger partial charge in [0, 0.05) is 22.4 Å². The summed E-state index contributed by atoms with van der Waals surface area (Å²) < 4.78 is 44.8. The number of amidine groups is 1. The molecule has 0 aromatic heterocycles. The molecule has 2 amide bonds. The summed E-state index contributed by atoms with van der Waals surface area (Å²) in [5, 5.41) is 12.0. The summed E-state index contributed by atoms with van der Waals surface area (Å²) in [5.74, 6) is -7.34. The van der Waals surface area contributed by atoms with Crippen molar-refractivity contribution in [3.05, 3.63) is 65.2 Å². The molecule has 0 unspecified atom stereocenters. The van der Waals surface area contributed by atoms with Crippen LogP contribution in [0.15, 0.2) is 48.5 Å². The molecule has 0 bridgehead atoms. The fraction of sp³-hybridized carbons (Fsp3) is 0.182. The quantitative estimate of drug-likeness (QED) is 0.179. The third kappa shape index (κ3) is 7.65. The molecule has 2 aromatic carbocycles. The van der Waals surface area contributed by atoms with E-state index in [0.717, 1.165) is 7.11 Å². The van der Waals surface area contributed by atoms with E-state index < -0.39 is 48.4 Å². The molecule has 0 saturated carbocycles. The van der Waals surface area contributed by atoms with Crippen molar-refractivity contribution in [2.24, 2.45) is 5.73 Å². The molecule has 0 aliphatic carbocycles. The average molecular weight is 508 g/mol. The highest BCUT2D eigenvalue weighted by Crippen LogP contribution is 2.17. The SMILES string of the molecule is COC(=O)[C@H](CC(=O)OC(=O)C(F)(F)F)NC(=O)c1cccc(NC(=O)c2ccc(C(=N)N)cc2)c1. The summed E-state index contributed by atoms with van der Waals surface area (Å²) in [6.45, 7) is 0. The largest absolute Gasteiger partial charge is 0.491 e. The molecule has 0 aliphatic rings. The van der Waals surface area contributed by atoms with E-state index in [9.17, 15) is 37.1 Å². The van der Waals surface area contributed by atoms with Gasteiger partial charge in [-0.1, -0.05) is 18.2 Å². The van der Waals surface area contributed by atoms with Gasteiger partial charge in [0.2, 0.25) is 0 Å². The standard InChI is InChI=1S/C22H19F3N4O7/c1-35-20(33)15(10-16(30)36-21(34)22(23,24)25)29-19(32)13-3-2-4-14(9-13)28-18(31)12-7-5-11(6-8-12)17(26)27/h2-9,15H,10H2,1H3,(H3,26,27)(H,28,31)(H,29,32)/t15-/m0/s1. The zero-order valence-electron chi connectivity index (χ0n) is 18.5. The molecular weight excluding hydrogens is 489 g/mol. The first-order valence-corrected chi connectivity index (χ1v) is 9.88. The van der Waals surface area contributed by atoms with Gasteiger partial charge in [-0.15, -0.1) is 0 Å². The van der Waals surface area contributed by atoms with Gasteiger partial charge < -0.3 is 25.8 Å². The van der Waals surface area contributed by atoms with E-state index in [1.807, 2.05) is 0 Å². The summed E-state index contributed by atoms with van der Waals surface area (Å²) >= 11 is 0. The molecule has 11 nitrogen and oxygen atoms in total. The fourth-order valence-corrected chi connectivity index (χ4v) is 2.69. The number of ether oxygens (including phenoxy) is 2. The number of nitrogens with one attached hydrogen (secondary N) is 3. The number of alkyl halides is 3. The van der Waals surface area contributed by atoms with Crippen LogP contribution in [-0.4, -0.2) is 54.9 Å². The lowest BCUT2D eigenvalue weighted by Gasteiger charge is -2.16. The number of carbonyl (C=O) groups excluding carboxylic acids is 5. The number of nitrogens with two attached hydrogens (primary N) is 1. The van der Waals surface area contributed by atoms with Crippen molar-refractivity contribution >= 4 is 41.2 Å². The van der Waals surface area contributed by atoms with Gasteiger partial charge in [-0.25, -0.2) is 9.59 Å². The van der Waals surface area contributed by atoms with Gasteiger partial charge in [0.25, 0.3) is 11.8 Å². The van der Waals surface area contributed by atoms with Gasteiger partial charge in [-0.05, 0) is 30.3 Å². The highest BCUT2D eigenvalue weighted by Gasteiger charge is 2.43. The minimum Gasteiger partial charge on any atom is -0.467 e. The third-order valence-corrected chi connectivity index (χ3v) is 4.44. The van der Waals surface area contributed by atoms with Crippen molar-refractivity contribution in [1.82, 2.24) is 5.32 Å². The molecule has 2 aromatic rings. The van der Waals surface area contributed by atoms with Crippen LogP contribution >= 0.6 is 0 Å². The van der Waals surface area contributed by atoms with E-state index in [4.69, 9.17) is 11.1 Å². The Hall–Kier alpha value is -4.75. The summed E-state index contributed by atoms with van der Waals surface area (Å²) in [6, 6.07) is 9.43. The summed E-state index contributed by atoms with van der Waals surface area (Å²) in [4.78, 5) is 59.4. The smallest absolute Gasteiger partial charge is 0.467 e. The monoisotopic (exact) mass is 508 g/mol. The van der Waals surface area contributed by atoms with Crippen LogP contribution in [0.3, 0.4) is 0 Å².